The van der Waals surface area contributed by atoms with Gasteiger partial charge in [0, 0.05) is 6.42 Å². The van der Waals surface area contributed by atoms with Gasteiger partial charge in [0.15, 0.2) is 0 Å². The second kappa shape index (κ2) is 6.08. The Balaban J connectivity index is 3.04. The molecule has 1 amide bonds. The molecule has 5 heteroatoms. The molecule has 0 radical (unpaired) electrons. The van der Waals surface area contributed by atoms with E-state index in [0.717, 1.165) is 12.1 Å². The molecule has 0 aliphatic carbocycles. The molecule has 2 nitrogen and oxygen atoms in total. The van der Waals surface area contributed by atoms with Crippen molar-refractivity contribution in [3.05, 3.63) is 35.4 Å². The van der Waals surface area contributed by atoms with Crippen LogP contribution in [0.5, 0.6) is 0 Å². The molecule has 1 rings (SSSR count). The van der Waals surface area contributed by atoms with E-state index >= 15 is 0 Å². The van der Waals surface area contributed by atoms with Gasteiger partial charge in [-0.3, -0.25) is 4.79 Å². The standard InChI is InChI=1S/C14H18F3NO/c1-9(2)6-11(8-13(18)19)10-4-3-5-12(7-10)14(15,16)17/h3-5,7,9,11H,6,8H2,1-2H3,(H2,18,19). The number of nitrogens with two attached hydrogens (primary N) is 1. The van der Waals surface area contributed by atoms with Crippen molar-refractivity contribution >= 4 is 5.91 Å². The zero-order chi connectivity index (χ0) is 14.6. The molecule has 106 valence electrons. The Hall–Kier alpha value is -1.52. The lowest BCUT2D eigenvalue weighted by Crippen LogP contribution is -2.17. The Bertz CT molecular complexity index is 441. The largest absolute Gasteiger partial charge is 0.416 e. The van der Waals surface area contributed by atoms with Gasteiger partial charge in [-0.1, -0.05) is 32.0 Å². The summed E-state index contributed by atoms with van der Waals surface area (Å²) in [6, 6.07) is 5.12. The summed E-state index contributed by atoms with van der Waals surface area (Å²) in [4.78, 5) is 11.0. The number of hydrogen-bond donors (Lipinski definition) is 1. The summed E-state index contributed by atoms with van der Waals surface area (Å²) in [7, 11) is 0. The number of alkyl halides is 3. The molecule has 0 aliphatic rings. The molecule has 0 saturated heterocycles. The lowest BCUT2D eigenvalue weighted by Gasteiger charge is -2.19. The van der Waals surface area contributed by atoms with Gasteiger partial charge in [-0.2, -0.15) is 13.2 Å². The first-order chi connectivity index (χ1) is 8.70. The lowest BCUT2D eigenvalue weighted by molar-refractivity contribution is -0.137. The predicted octanol–water partition coefficient (Wildman–Crippen LogP) is 3.71. The summed E-state index contributed by atoms with van der Waals surface area (Å²) in [5.74, 6) is -0.484. The second-order valence-corrected chi connectivity index (χ2v) is 5.12. The van der Waals surface area contributed by atoms with E-state index in [1.165, 1.54) is 6.07 Å². The fraction of sp³-hybridized carbons (Fsp3) is 0.500. The molecule has 1 unspecified atom stereocenters. The Morgan fingerprint density at radius 2 is 1.95 bits per heavy atom. The predicted molar refractivity (Wildman–Crippen MR) is 67.5 cm³/mol. The van der Waals surface area contributed by atoms with Crippen molar-refractivity contribution < 1.29 is 18.0 Å². The molecule has 0 saturated carbocycles. The molecule has 0 heterocycles. The average molecular weight is 273 g/mol. The number of carbonyl (C=O) groups is 1. The summed E-state index contributed by atoms with van der Waals surface area (Å²) in [5.41, 5.74) is 4.99. The Labute approximate surface area is 110 Å². The molecule has 1 aromatic rings. The van der Waals surface area contributed by atoms with Crippen LogP contribution in [0.3, 0.4) is 0 Å². The highest BCUT2D eigenvalue weighted by molar-refractivity contribution is 5.74. The molecule has 0 spiro atoms. The number of amides is 1. The summed E-state index contributed by atoms with van der Waals surface area (Å²) >= 11 is 0. The molecule has 1 atom stereocenters. The monoisotopic (exact) mass is 273 g/mol. The summed E-state index contributed by atoms with van der Waals surface area (Å²) in [5, 5.41) is 0. The van der Waals surface area contributed by atoms with Gasteiger partial charge in [0.05, 0.1) is 5.56 Å². The van der Waals surface area contributed by atoms with Gasteiger partial charge in [0.2, 0.25) is 5.91 Å². The van der Waals surface area contributed by atoms with Crippen LogP contribution in [0.4, 0.5) is 13.2 Å². The highest BCUT2D eigenvalue weighted by Crippen LogP contribution is 2.33. The molecule has 0 aromatic heterocycles. The van der Waals surface area contributed by atoms with Gasteiger partial charge in [0.25, 0.3) is 0 Å². The van der Waals surface area contributed by atoms with E-state index in [1.54, 1.807) is 6.07 Å². The van der Waals surface area contributed by atoms with Crippen molar-refractivity contribution in [1.82, 2.24) is 0 Å². The van der Waals surface area contributed by atoms with Crippen molar-refractivity contribution in [2.45, 2.75) is 38.8 Å². The first-order valence-corrected chi connectivity index (χ1v) is 6.15. The van der Waals surface area contributed by atoms with E-state index in [0.29, 0.717) is 12.0 Å². The summed E-state index contributed by atoms with van der Waals surface area (Å²) in [6.45, 7) is 3.92. The first kappa shape index (κ1) is 15.5. The highest BCUT2D eigenvalue weighted by atomic mass is 19.4. The van der Waals surface area contributed by atoms with Gasteiger partial charge >= 0.3 is 6.18 Å². The maximum Gasteiger partial charge on any atom is 0.416 e. The minimum Gasteiger partial charge on any atom is -0.370 e. The van der Waals surface area contributed by atoms with Gasteiger partial charge < -0.3 is 5.73 Å². The zero-order valence-electron chi connectivity index (χ0n) is 11.0. The van der Waals surface area contributed by atoms with E-state index in [9.17, 15) is 18.0 Å². The van der Waals surface area contributed by atoms with Crippen molar-refractivity contribution in [2.75, 3.05) is 0 Å². The second-order valence-electron chi connectivity index (χ2n) is 5.12. The zero-order valence-corrected chi connectivity index (χ0v) is 11.0. The topological polar surface area (TPSA) is 43.1 Å². The van der Waals surface area contributed by atoms with E-state index in [2.05, 4.69) is 0 Å². The molecular weight excluding hydrogens is 255 g/mol. The van der Waals surface area contributed by atoms with Crippen LogP contribution < -0.4 is 5.73 Å². The lowest BCUT2D eigenvalue weighted by atomic mass is 9.87. The van der Waals surface area contributed by atoms with E-state index < -0.39 is 17.6 Å². The normalized spacial score (nSPS) is 13.6. The van der Waals surface area contributed by atoms with Crippen LogP contribution in [-0.4, -0.2) is 5.91 Å². The Morgan fingerprint density at radius 1 is 1.32 bits per heavy atom. The Kier molecular flexibility index (Phi) is 4.97. The molecule has 0 aliphatic heterocycles. The molecular formula is C14H18F3NO. The van der Waals surface area contributed by atoms with E-state index in [1.807, 2.05) is 13.8 Å². The number of rotatable bonds is 5. The van der Waals surface area contributed by atoms with E-state index in [4.69, 9.17) is 5.73 Å². The van der Waals surface area contributed by atoms with Crippen LogP contribution in [0, 0.1) is 5.92 Å². The molecule has 19 heavy (non-hydrogen) atoms. The van der Waals surface area contributed by atoms with Gasteiger partial charge in [-0.25, -0.2) is 0 Å². The molecule has 2 N–H and O–H groups in total. The van der Waals surface area contributed by atoms with Crippen LogP contribution in [0.2, 0.25) is 0 Å². The van der Waals surface area contributed by atoms with Gasteiger partial charge in [-0.05, 0) is 29.9 Å². The van der Waals surface area contributed by atoms with Gasteiger partial charge in [0.1, 0.15) is 0 Å². The average Bonchev–Trinajstić information content (AvgIpc) is 2.26. The van der Waals surface area contributed by atoms with Crippen molar-refractivity contribution in [3.8, 4) is 0 Å². The van der Waals surface area contributed by atoms with Crippen LogP contribution in [0.25, 0.3) is 0 Å². The highest BCUT2D eigenvalue weighted by Gasteiger charge is 2.31. The number of halogens is 3. The van der Waals surface area contributed by atoms with Gasteiger partial charge in [-0.15, -0.1) is 0 Å². The number of primary amides is 1. The number of carbonyl (C=O) groups excluding carboxylic acids is 1. The van der Waals surface area contributed by atoms with Crippen molar-refractivity contribution in [1.29, 1.82) is 0 Å². The first-order valence-electron chi connectivity index (χ1n) is 6.15. The van der Waals surface area contributed by atoms with Crippen LogP contribution in [0.1, 0.15) is 43.7 Å². The third-order valence-corrected chi connectivity index (χ3v) is 2.89. The van der Waals surface area contributed by atoms with E-state index in [-0.39, 0.29) is 18.3 Å². The Morgan fingerprint density at radius 3 is 2.42 bits per heavy atom. The quantitative estimate of drug-likeness (QED) is 0.873. The minimum atomic E-state index is -4.37. The summed E-state index contributed by atoms with van der Waals surface area (Å²) < 4.78 is 38.0. The maximum atomic E-state index is 12.7. The van der Waals surface area contributed by atoms with Crippen molar-refractivity contribution in [3.63, 3.8) is 0 Å². The third kappa shape index (κ3) is 4.93. The molecule has 0 bridgehead atoms. The van der Waals surface area contributed by atoms with Crippen molar-refractivity contribution in [2.24, 2.45) is 11.7 Å². The maximum absolute atomic E-state index is 12.7. The third-order valence-electron chi connectivity index (χ3n) is 2.89. The van der Waals surface area contributed by atoms with Crippen LogP contribution in [0.15, 0.2) is 24.3 Å². The SMILES string of the molecule is CC(C)CC(CC(N)=O)c1cccc(C(F)(F)F)c1. The van der Waals surface area contributed by atoms with Crippen LogP contribution >= 0.6 is 0 Å². The molecule has 1 aromatic carbocycles. The smallest absolute Gasteiger partial charge is 0.370 e. The number of benzene rings is 1. The van der Waals surface area contributed by atoms with Crippen LogP contribution in [-0.2, 0) is 11.0 Å². The fourth-order valence-electron chi connectivity index (χ4n) is 2.12. The minimum absolute atomic E-state index is 0.0689. The molecule has 0 fully saturated rings. The number of hydrogen-bond acceptors (Lipinski definition) is 1. The fourth-order valence-corrected chi connectivity index (χ4v) is 2.12. The summed E-state index contributed by atoms with van der Waals surface area (Å²) in [6.07, 6.45) is -3.67.